The minimum atomic E-state index is -0.999. The van der Waals surface area contributed by atoms with Crippen molar-refractivity contribution in [2.45, 2.75) is 26.7 Å². The second-order valence-electron chi connectivity index (χ2n) is 4.46. The third-order valence-electron chi connectivity index (χ3n) is 2.49. The van der Waals surface area contributed by atoms with Crippen LogP contribution in [0.2, 0.25) is 5.02 Å². The summed E-state index contributed by atoms with van der Waals surface area (Å²) in [4.78, 5) is 10.8. The number of nitrogens with one attached hydrogen (secondary N) is 1. The third-order valence-corrected chi connectivity index (χ3v) is 2.80. The van der Waals surface area contributed by atoms with E-state index in [1.54, 1.807) is 12.1 Å². The molecule has 0 bridgehead atoms. The second-order valence-corrected chi connectivity index (χ2v) is 4.87. The first kappa shape index (κ1) is 13.8. The highest BCUT2D eigenvalue weighted by atomic mass is 35.5. The van der Waals surface area contributed by atoms with E-state index in [0.29, 0.717) is 5.92 Å². The molecule has 0 saturated carbocycles. The fourth-order valence-electron chi connectivity index (χ4n) is 1.54. The molecule has 0 unspecified atom stereocenters. The van der Waals surface area contributed by atoms with Crippen LogP contribution < -0.4 is 5.32 Å². The average molecular weight is 256 g/mol. The Kier molecular flexibility index (Phi) is 5.29. The van der Waals surface area contributed by atoms with E-state index in [9.17, 15) is 4.79 Å². The zero-order chi connectivity index (χ0) is 12.8. The van der Waals surface area contributed by atoms with Gasteiger partial charge in [0.2, 0.25) is 0 Å². The van der Waals surface area contributed by atoms with E-state index < -0.39 is 5.97 Å². The van der Waals surface area contributed by atoms with Gasteiger partial charge in [0.25, 0.3) is 0 Å². The Morgan fingerprint density at radius 2 is 2.18 bits per heavy atom. The summed E-state index contributed by atoms with van der Waals surface area (Å²) in [7, 11) is 0. The summed E-state index contributed by atoms with van der Waals surface area (Å²) in [5.41, 5.74) is 1.00. The smallest absolute Gasteiger partial charge is 0.337 e. The SMILES string of the molecule is CC(C)CCCNc1ccc(C(=O)O)c(Cl)c1. The molecule has 0 aliphatic rings. The quantitative estimate of drug-likeness (QED) is 0.759. The number of carboxylic acids is 1. The Morgan fingerprint density at radius 3 is 2.71 bits per heavy atom. The van der Waals surface area contributed by atoms with Crippen LogP contribution in [-0.2, 0) is 0 Å². The van der Waals surface area contributed by atoms with E-state index in [1.807, 2.05) is 0 Å². The molecule has 1 rings (SSSR count). The van der Waals surface area contributed by atoms with Crippen molar-refractivity contribution >= 4 is 23.3 Å². The molecular formula is C13H18ClNO2. The lowest BCUT2D eigenvalue weighted by molar-refractivity contribution is 0.0697. The highest BCUT2D eigenvalue weighted by molar-refractivity contribution is 6.33. The van der Waals surface area contributed by atoms with Gasteiger partial charge in [-0.25, -0.2) is 4.79 Å². The number of anilines is 1. The molecule has 0 atom stereocenters. The Bertz CT molecular complexity index is 391. The number of aromatic carboxylic acids is 1. The van der Waals surface area contributed by atoms with Crippen LogP contribution >= 0.6 is 11.6 Å². The van der Waals surface area contributed by atoms with E-state index in [-0.39, 0.29) is 10.6 Å². The minimum absolute atomic E-state index is 0.138. The largest absolute Gasteiger partial charge is 0.478 e. The highest BCUT2D eigenvalue weighted by Crippen LogP contribution is 2.21. The molecule has 2 N–H and O–H groups in total. The van der Waals surface area contributed by atoms with Crippen LogP contribution in [0.4, 0.5) is 5.69 Å². The van der Waals surface area contributed by atoms with Gasteiger partial charge >= 0.3 is 5.97 Å². The number of carboxylic acid groups (broad SMARTS) is 1. The van der Waals surface area contributed by atoms with Crippen molar-refractivity contribution in [1.29, 1.82) is 0 Å². The summed E-state index contributed by atoms with van der Waals surface area (Å²) >= 11 is 5.87. The zero-order valence-corrected chi connectivity index (χ0v) is 10.9. The number of hydrogen-bond donors (Lipinski definition) is 2. The van der Waals surface area contributed by atoms with E-state index in [2.05, 4.69) is 19.2 Å². The Morgan fingerprint density at radius 1 is 1.47 bits per heavy atom. The maximum atomic E-state index is 10.8. The molecule has 1 aromatic rings. The lowest BCUT2D eigenvalue weighted by atomic mass is 10.1. The van der Waals surface area contributed by atoms with Crippen molar-refractivity contribution < 1.29 is 9.90 Å². The van der Waals surface area contributed by atoms with Crippen LogP contribution in [0.25, 0.3) is 0 Å². The third kappa shape index (κ3) is 4.65. The highest BCUT2D eigenvalue weighted by Gasteiger charge is 2.08. The molecule has 0 spiro atoms. The van der Waals surface area contributed by atoms with E-state index in [4.69, 9.17) is 16.7 Å². The topological polar surface area (TPSA) is 49.3 Å². The first-order valence-corrected chi connectivity index (χ1v) is 6.15. The summed E-state index contributed by atoms with van der Waals surface area (Å²) in [6.45, 7) is 5.26. The zero-order valence-electron chi connectivity index (χ0n) is 10.2. The lowest BCUT2D eigenvalue weighted by Crippen LogP contribution is -2.04. The monoisotopic (exact) mass is 255 g/mol. The molecular weight excluding hydrogens is 238 g/mol. The number of carbonyl (C=O) groups is 1. The van der Waals surface area contributed by atoms with Crippen molar-refractivity contribution in [3.8, 4) is 0 Å². The van der Waals surface area contributed by atoms with Crippen LogP contribution in [0.15, 0.2) is 18.2 Å². The molecule has 0 saturated heterocycles. The molecule has 94 valence electrons. The molecule has 0 amide bonds. The summed E-state index contributed by atoms with van der Waals surface area (Å²) in [5.74, 6) is -0.295. The summed E-state index contributed by atoms with van der Waals surface area (Å²) < 4.78 is 0. The van der Waals surface area contributed by atoms with Gasteiger partial charge in [-0.2, -0.15) is 0 Å². The summed E-state index contributed by atoms with van der Waals surface area (Å²) in [6.07, 6.45) is 2.27. The van der Waals surface area contributed by atoms with Gasteiger partial charge in [-0.1, -0.05) is 25.4 Å². The maximum Gasteiger partial charge on any atom is 0.337 e. The molecule has 17 heavy (non-hydrogen) atoms. The molecule has 0 aliphatic carbocycles. The molecule has 0 aliphatic heterocycles. The average Bonchev–Trinajstić information content (AvgIpc) is 2.23. The molecule has 0 heterocycles. The predicted octanol–water partition coefficient (Wildman–Crippen LogP) is 3.89. The van der Waals surface area contributed by atoms with Gasteiger partial charge in [-0.05, 0) is 37.0 Å². The summed E-state index contributed by atoms with van der Waals surface area (Å²) in [6, 6.07) is 4.92. The van der Waals surface area contributed by atoms with E-state index in [0.717, 1.165) is 18.7 Å². The van der Waals surface area contributed by atoms with Crippen molar-refractivity contribution in [2.24, 2.45) is 5.92 Å². The van der Waals surface area contributed by atoms with Gasteiger partial charge in [-0.15, -0.1) is 0 Å². The molecule has 4 heteroatoms. The Balaban J connectivity index is 2.50. The predicted molar refractivity (Wildman–Crippen MR) is 71.0 cm³/mol. The van der Waals surface area contributed by atoms with Gasteiger partial charge < -0.3 is 10.4 Å². The fourth-order valence-corrected chi connectivity index (χ4v) is 1.80. The van der Waals surface area contributed by atoms with Crippen LogP contribution in [0, 0.1) is 5.92 Å². The van der Waals surface area contributed by atoms with Crippen molar-refractivity contribution in [3.63, 3.8) is 0 Å². The molecule has 0 radical (unpaired) electrons. The van der Waals surface area contributed by atoms with Crippen molar-refractivity contribution in [2.75, 3.05) is 11.9 Å². The maximum absolute atomic E-state index is 10.8. The van der Waals surface area contributed by atoms with Gasteiger partial charge in [0.1, 0.15) is 0 Å². The molecule has 0 aromatic heterocycles. The van der Waals surface area contributed by atoms with Crippen molar-refractivity contribution in [3.05, 3.63) is 28.8 Å². The van der Waals surface area contributed by atoms with Crippen LogP contribution in [-0.4, -0.2) is 17.6 Å². The van der Waals surface area contributed by atoms with Gasteiger partial charge in [0, 0.05) is 12.2 Å². The fraction of sp³-hybridized carbons (Fsp3) is 0.462. The lowest BCUT2D eigenvalue weighted by Gasteiger charge is -2.09. The van der Waals surface area contributed by atoms with Crippen LogP contribution in [0.3, 0.4) is 0 Å². The normalized spacial score (nSPS) is 10.6. The first-order valence-electron chi connectivity index (χ1n) is 5.77. The van der Waals surface area contributed by atoms with Crippen LogP contribution in [0.1, 0.15) is 37.0 Å². The number of halogens is 1. The van der Waals surface area contributed by atoms with E-state index >= 15 is 0 Å². The second kappa shape index (κ2) is 6.50. The minimum Gasteiger partial charge on any atom is -0.478 e. The summed E-state index contributed by atoms with van der Waals surface area (Å²) in [5, 5.41) is 12.3. The van der Waals surface area contributed by atoms with Crippen LogP contribution in [0.5, 0.6) is 0 Å². The number of rotatable bonds is 6. The standard InChI is InChI=1S/C13H18ClNO2/c1-9(2)4-3-7-15-10-5-6-11(13(16)17)12(14)8-10/h5-6,8-9,15H,3-4,7H2,1-2H3,(H,16,17). The number of hydrogen-bond acceptors (Lipinski definition) is 2. The Hall–Kier alpha value is -1.22. The Labute approximate surface area is 107 Å². The van der Waals surface area contributed by atoms with Crippen molar-refractivity contribution in [1.82, 2.24) is 0 Å². The van der Waals surface area contributed by atoms with E-state index in [1.165, 1.54) is 12.5 Å². The first-order chi connectivity index (χ1) is 8.00. The molecule has 1 aromatic carbocycles. The van der Waals surface area contributed by atoms with Gasteiger partial charge in [0.15, 0.2) is 0 Å². The molecule has 3 nitrogen and oxygen atoms in total. The van der Waals surface area contributed by atoms with Gasteiger partial charge in [0.05, 0.1) is 10.6 Å². The molecule has 0 fully saturated rings. The van der Waals surface area contributed by atoms with Gasteiger partial charge in [-0.3, -0.25) is 0 Å². The number of benzene rings is 1.